The molecule has 140 valence electrons. The number of piperidine rings is 2. The Morgan fingerprint density at radius 3 is 1.96 bits per heavy atom. The van der Waals surface area contributed by atoms with Gasteiger partial charge in [0, 0.05) is 38.6 Å². The maximum Gasteiger partial charge on any atom is 0.230 e. The Balaban J connectivity index is 0.00000288. The van der Waals surface area contributed by atoms with E-state index in [-0.39, 0.29) is 24.2 Å². The minimum atomic E-state index is -0.413. The van der Waals surface area contributed by atoms with Crippen LogP contribution >= 0.6 is 12.4 Å². The number of halogens is 1. The predicted molar refractivity (Wildman–Crippen MR) is 99.1 cm³/mol. The van der Waals surface area contributed by atoms with Crippen molar-refractivity contribution < 1.29 is 9.59 Å². The molecular weight excluding hydrogens is 326 g/mol. The van der Waals surface area contributed by atoms with Gasteiger partial charge in [-0.15, -0.1) is 12.4 Å². The molecule has 24 heavy (non-hydrogen) atoms. The van der Waals surface area contributed by atoms with Crippen LogP contribution in [0.1, 0.15) is 58.8 Å². The highest BCUT2D eigenvalue weighted by atomic mass is 35.5. The minimum Gasteiger partial charge on any atom is -0.342 e. The van der Waals surface area contributed by atoms with Crippen molar-refractivity contribution in [1.82, 2.24) is 9.80 Å². The van der Waals surface area contributed by atoms with Crippen LogP contribution in [-0.4, -0.2) is 54.3 Å². The first-order valence-electron chi connectivity index (χ1n) is 9.36. The van der Waals surface area contributed by atoms with Crippen molar-refractivity contribution in [1.29, 1.82) is 0 Å². The van der Waals surface area contributed by atoms with Crippen molar-refractivity contribution in [2.24, 2.45) is 17.1 Å². The van der Waals surface area contributed by atoms with Crippen LogP contribution in [-0.2, 0) is 9.59 Å². The number of carbonyl (C=O) groups excluding carboxylic acids is 2. The van der Waals surface area contributed by atoms with E-state index >= 15 is 0 Å². The average Bonchev–Trinajstić information content (AvgIpc) is 2.64. The van der Waals surface area contributed by atoms with Crippen molar-refractivity contribution in [2.75, 3.05) is 32.7 Å². The third-order valence-corrected chi connectivity index (χ3v) is 6.00. The van der Waals surface area contributed by atoms with Crippen molar-refractivity contribution in [3.63, 3.8) is 0 Å². The molecule has 0 spiro atoms. The number of nitrogens with zero attached hydrogens (tertiary/aromatic N) is 2. The van der Waals surface area contributed by atoms with Crippen LogP contribution in [0.15, 0.2) is 0 Å². The molecule has 6 heteroatoms. The van der Waals surface area contributed by atoms with Gasteiger partial charge in [-0.25, -0.2) is 0 Å². The summed E-state index contributed by atoms with van der Waals surface area (Å²) in [7, 11) is 0. The van der Waals surface area contributed by atoms with Gasteiger partial charge in [-0.3, -0.25) is 9.59 Å². The third-order valence-electron chi connectivity index (χ3n) is 6.00. The lowest BCUT2D eigenvalue weighted by Crippen LogP contribution is -2.51. The highest BCUT2D eigenvalue weighted by Gasteiger charge is 2.39. The fraction of sp³-hybridized carbons (Fsp3) is 0.889. The van der Waals surface area contributed by atoms with Gasteiger partial charge in [0.2, 0.25) is 11.8 Å². The first-order valence-corrected chi connectivity index (χ1v) is 9.36. The van der Waals surface area contributed by atoms with Gasteiger partial charge in [-0.05, 0) is 44.9 Å². The number of amides is 2. The lowest BCUT2D eigenvalue weighted by atomic mass is 9.80. The molecule has 0 saturated carbocycles. The van der Waals surface area contributed by atoms with Crippen LogP contribution in [0.3, 0.4) is 0 Å². The van der Waals surface area contributed by atoms with Gasteiger partial charge in [0.05, 0.1) is 5.41 Å². The van der Waals surface area contributed by atoms with E-state index in [1.54, 1.807) is 0 Å². The molecule has 2 heterocycles. The van der Waals surface area contributed by atoms with Crippen LogP contribution in [0.4, 0.5) is 0 Å². The fourth-order valence-electron chi connectivity index (χ4n) is 3.97. The monoisotopic (exact) mass is 359 g/mol. The summed E-state index contributed by atoms with van der Waals surface area (Å²) in [6, 6.07) is 0. The summed E-state index contributed by atoms with van der Waals surface area (Å²) in [5.74, 6) is 0.606. The number of nitrogens with two attached hydrogens (primary N) is 1. The maximum absolute atomic E-state index is 12.8. The molecular formula is C18H34ClN3O2. The molecule has 5 nitrogen and oxygen atoms in total. The summed E-state index contributed by atoms with van der Waals surface area (Å²) < 4.78 is 0. The number of likely N-dealkylation sites (tertiary alicyclic amines) is 2. The van der Waals surface area contributed by atoms with Gasteiger partial charge in [0.15, 0.2) is 0 Å². The second-order valence-corrected chi connectivity index (χ2v) is 7.14. The minimum absolute atomic E-state index is 0. The van der Waals surface area contributed by atoms with Gasteiger partial charge < -0.3 is 15.5 Å². The second kappa shape index (κ2) is 9.62. The lowest BCUT2D eigenvalue weighted by molar-refractivity contribution is -0.147. The van der Waals surface area contributed by atoms with Crippen molar-refractivity contribution >= 4 is 24.2 Å². The molecule has 2 saturated heterocycles. The zero-order valence-electron chi connectivity index (χ0n) is 15.3. The largest absolute Gasteiger partial charge is 0.342 e. The summed E-state index contributed by atoms with van der Waals surface area (Å²) in [4.78, 5) is 29.4. The fourth-order valence-corrected chi connectivity index (χ4v) is 3.97. The third kappa shape index (κ3) is 4.42. The molecule has 0 radical (unpaired) electrons. The van der Waals surface area contributed by atoms with E-state index in [2.05, 4.69) is 0 Å². The van der Waals surface area contributed by atoms with Gasteiger partial charge in [0.1, 0.15) is 0 Å². The van der Waals surface area contributed by atoms with Crippen LogP contribution in [0.25, 0.3) is 0 Å². The van der Waals surface area contributed by atoms with Crippen molar-refractivity contribution in [3.05, 3.63) is 0 Å². The smallest absolute Gasteiger partial charge is 0.230 e. The molecule has 0 bridgehead atoms. The van der Waals surface area contributed by atoms with Gasteiger partial charge in [0.25, 0.3) is 0 Å². The second-order valence-electron chi connectivity index (χ2n) is 7.14. The molecule has 0 aromatic rings. The number of rotatable bonds is 5. The van der Waals surface area contributed by atoms with Crippen LogP contribution in [0, 0.1) is 11.3 Å². The Morgan fingerprint density at radius 1 is 0.958 bits per heavy atom. The first-order chi connectivity index (χ1) is 11.1. The molecule has 2 N–H and O–H groups in total. The summed E-state index contributed by atoms with van der Waals surface area (Å²) in [5, 5.41) is 0. The molecule has 2 rings (SSSR count). The molecule has 0 aliphatic carbocycles. The zero-order valence-corrected chi connectivity index (χ0v) is 16.1. The van der Waals surface area contributed by atoms with E-state index in [4.69, 9.17) is 5.73 Å². The standard InChI is InChI=1S/C18H33N3O2.ClH/c1-3-18(4-2,14-19)17(23)21-12-8-15(9-13-21)16(22)20-10-6-5-7-11-20;/h15H,3-14,19H2,1-2H3;1H. The highest BCUT2D eigenvalue weighted by Crippen LogP contribution is 2.30. The normalized spacial score (nSPS) is 19.8. The van der Waals surface area contributed by atoms with E-state index < -0.39 is 5.41 Å². The lowest BCUT2D eigenvalue weighted by Gasteiger charge is -2.40. The van der Waals surface area contributed by atoms with Gasteiger partial charge in [-0.2, -0.15) is 0 Å². The highest BCUT2D eigenvalue weighted by molar-refractivity contribution is 5.85. The summed E-state index contributed by atoms with van der Waals surface area (Å²) >= 11 is 0. The van der Waals surface area contributed by atoms with E-state index in [0.717, 1.165) is 51.6 Å². The Kier molecular flexibility index (Phi) is 8.51. The van der Waals surface area contributed by atoms with Crippen LogP contribution in [0.5, 0.6) is 0 Å². The number of hydrogen-bond acceptors (Lipinski definition) is 3. The van der Waals surface area contributed by atoms with E-state index in [1.165, 1.54) is 6.42 Å². The molecule has 0 unspecified atom stereocenters. The topological polar surface area (TPSA) is 66.6 Å². The van der Waals surface area contributed by atoms with Gasteiger partial charge >= 0.3 is 0 Å². The SMILES string of the molecule is CCC(CC)(CN)C(=O)N1CCC(C(=O)N2CCCCC2)CC1.Cl. The first kappa shape index (κ1) is 21.2. The van der Waals surface area contributed by atoms with Crippen molar-refractivity contribution in [3.8, 4) is 0 Å². The van der Waals surface area contributed by atoms with Gasteiger partial charge in [-0.1, -0.05) is 13.8 Å². The van der Waals surface area contributed by atoms with E-state index in [9.17, 15) is 9.59 Å². The Morgan fingerprint density at radius 2 is 1.50 bits per heavy atom. The average molecular weight is 360 g/mol. The van der Waals surface area contributed by atoms with Crippen LogP contribution in [0.2, 0.25) is 0 Å². The summed E-state index contributed by atoms with van der Waals surface area (Å²) in [6.07, 6.45) is 6.68. The number of hydrogen-bond donors (Lipinski definition) is 1. The Bertz CT molecular complexity index is 404. The quantitative estimate of drug-likeness (QED) is 0.819. The molecule has 2 aliphatic rings. The molecule has 2 aliphatic heterocycles. The van der Waals surface area contributed by atoms with Crippen LogP contribution < -0.4 is 5.73 Å². The molecule has 0 aromatic heterocycles. The molecule has 2 fully saturated rings. The molecule has 2 amide bonds. The van der Waals surface area contributed by atoms with Crippen molar-refractivity contribution in [2.45, 2.75) is 58.8 Å². The Labute approximate surface area is 152 Å². The molecule has 0 atom stereocenters. The maximum atomic E-state index is 12.8. The Hall–Kier alpha value is -0.810. The summed E-state index contributed by atoms with van der Waals surface area (Å²) in [6.45, 7) is 7.72. The summed E-state index contributed by atoms with van der Waals surface area (Å²) in [5.41, 5.74) is 5.49. The molecule has 0 aromatic carbocycles. The predicted octanol–water partition coefficient (Wildman–Crippen LogP) is 2.42. The van der Waals surface area contributed by atoms with E-state index in [0.29, 0.717) is 25.5 Å². The number of carbonyl (C=O) groups is 2. The zero-order chi connectivity index (χ0) is 16.9. The van der Waals surface area contributed by atoms with E-state index in [1.807, 2.05) is 23.6 Å².